The van der Waals surface area contributed by atoms with Crippen LogP contribution in [0.1, 0.15) is 44.1 Å². The highest BCUT2D eigenvalue weighted by Gasteiger charge is 2.17. The van der Waals surface area contributed by atoms with Gasteiger partial charge < -0.3 is 5.73 Å². The van der Waals surface area contributed by atoms with Gasteiger partial charge >= 0.3 is 0 Å². The summed E-state index contributed by atoms with van der Waals surface area (Å²) < 4.78 is 12.4. The van der Waals surface area contributed by atoms with Gasteiger partial charge in [-0.05, 0) is 55.8 Å². The summed E-state index contributed by atoms with van der Waals surface area (Å²) in [5, 5.41) is 0. The lowest BCUT2D eigenvalue weighted by atomic mass is 9.91. The lowest BCUT2D eigenvalue weighted by molar-refractivity contribution is 0.388. The van der Waals surface area contributed by atoms with Gasteiger partial charge in [0.2, 0.25) is 0 Å². The molecule has 1 aliphatic rings. The van der Waals surface area contributed by atoms with Crippen LogP contribution in [0.5, 0.6) is 0 Å². The Kier molecular flexibility index (Phi) is 6.05. The number of benzene rings is 1. The van der Waals surface area contributed by atoms with Crippen molar-refractivity contribution in [2.75, 3.05) is 12.3 Å². The van der Waals surface area contributed by atoms with Crippen molar-refractivity contribution in [3.8, 4) is 0 Å². The fraction of sp³-hybridized carbons (Fsp3) is 0.625. The summed E-state index contributed by atoms with van der Waals surface area (Å²) in [5.74, 6) is 1.52. The van der Waals surface area contributed by atoms with Crippen LogP contribution < -0.4 is 5.73 Å². The summed E-state index contributed by atoms with van der Waals surface area (Å²) >= 11 is 0. The highest BCUT2D eigenvalue weighted by Crippen LogP contribution is 2.25. The molecule has 1 atom stereocenters. The van der Waals surface area contributed by atoms with Gasteiger partial charge in [0.1, 0.15) is 0 Å². The van der Waals surface area contributed by atoms with Crippen molar-refractivity contribution >= 4 is 10.8 Å². The zero-order valence-electron chi connectivity index (χ0n) is 11.6. The molecule has 0 spiro atoms. The first-order valence-corrected chi connectivity index (χ1v) is 8.79. The standard InChI is InChI=1S/C16H25NOS/c17-11-5-9-14-8-4-10-16(12-14)19(18)13-15-6-2-1-3-7-15/h4,8,10,12,15H,1-3,5-7,9,11,13,17H2. The predicted octanol–water partition coefficient (Wildman–Crippen LogP) is 3.27. The summed E-state index contributed by atoms with van der Waals surface area (Å²) in [7, 11) is -0.828. The molecular formula is C16H25NOS. The van der Waals surface area contributed by atoms with E-state index in [4.69, 9.17) is 5.73 Å². The lowest BCUT2D eigenvalue weighted by Crippen LogP contribution is -2.14. The topological polar surface area (TPSA) is 43.1 Å². The molecule has 0 heterocycles. The van der Waals surface area contributed by atoms with Gasteiger partial charge in [0.05, 0.1) is 10.8 Å². The van der Waals surface area contributed by atoms with E-state index in [1.165, 1.54) is 37.7 Å². The molecule has 1 aromatic carbocycles. The van der Waals surface area contributed by atoms with Crippen LogP contribution in [0, 0.1) is 5.92 Å². The summed E-state index contributed by atoms with van der Waals surface area (Å²) in [6.45, 7) is 0.718. The molecule has 0 saturated heterocycles. The number of rotatable bonds is 6. The lowest BCUT2D eigenvalue weighted by Gasteiger charge is -2.21. The third-order valence-corrected chi connectivity index (χ3v) is 5.50. The summed E-state index contributed by atoms with van der Waals surface area (Å²) in [6.07, 6.45) is 8.51. The van der Waals surface area contributed by atoms with Crippen molar-refractivity contribution < 1.29 is 4.21 Å². The number of hydrogen-bond acceptors (Lipinski definition) is 2. The van der Waals surface area contributed by atoms with E-state index >= 15 is 0 Å². The Labute approximate surface area is 119 Å². The summed E-state index contributed by atoms with van der Waals surface area (Å²) in [4.78, 5) is 1.00. The maximum absolute atomic E-state index is 12.4. The molecule has 19 heavy (non-hydrogen) atoms. The Bertz CT molecular complexity index is 413. The highest BCUT2D eigenvalue weighted by atomic mass is 32.2. The maximum Gasteiger partial charge on any atom is 0.0532 e. The summed E-state index contributed by atoms with van der Waals surface area (Å²) in [6, 6.07) is 8.25. The molecule has 1 unspecified atom stereocenters. The molecule has 1 aromatic rings. The molecule has 106 valence electrons. The van der Waals surface area contributed by atoms with E-state index in [1.807, 2.05) is 12.1 Å². The van der Waals surface area contributed by atoms with Gasteiger partial charge in [-0.1, -0.05) is 31.4 Å². The third-order valence-electron chi connectivity index (χ3n) is 3.94. The second-order valence-corrected chi connectivity index (χ2v) is 7.05. The van der Waals surface area contributed by atoms with Crippen LogP contribution in [0.4, 0.5) is 0 Å². The second-order valence-electron chi connectivity index (χ2n) is 5.56. The maximum atomic E-state index is 12.4. The van der Waals surface area contributed by atoms with Crippen LogP contribution in [-0.4, -0.2) is 16.5 Å². The molecule has 3 heteroatoms. The van der Waals surface area contributed by atoms with E-state index in [1.54, 1.807) is 0 Å². The average Bonchev–Trinajstić information content (AvgIpc) is 2.46. The number of nitrogens with two attached hydrogens (primary N) is 1. The van der Waals surface area contributed by atoms with E-state index in [0.29, 0.717) is 5.92 Å². The fourth-order valence-corrected chi connectivity index (χ4v) is 4.28. The fourth-order valence-electron chi connectivity index (χ4n) is 2.81. The highest BCUT2D eigenvalue weighted by molar-refractivity contribution is 7.85. The Morgan fingerprint density at radius 3 is 2.74 bits per heavy atom. The van der Waals surface area contributed by atoms with Crippen LogP contribution in [0.2, 0.25) is 0 Å². The molecule has 0 bridgehead atoms. The molecule has 2 nitrogen and oxygen atoms in total. The molecule has 2 rings (SSSR count). The van der Waals surface area contributed by atoms with E-state index < -0.39 is 10.8 Å². The molecule has 1 saturated carbocycles. The Hall–Kier alpha value is -0.670. The normalized spacial score (nSPS) is 18.4. The summed E-state index contributed by atoms with van der Waals surface area (Å²) in [5.41, 5.74) is 6.80. The van der Waals surface area contributed by atoms with Gasteiger partial charge in [0, 0.05) is 10.6 Å². The van der Waals surface area contributed by atoms with Crippen molar-refractivity contribution in [3.63, 3.8) is 0 Å². The minimum atomic E-state index is -0.828. The van der Waals surface area contributed by atoms with Crippen LogP contribution in [-0.2, 0) is 17.2 Å². The van der Waals surface area contributed by atoms with Gasteiger partial charge in [0.25, 0.3) is 0 Å². The molecule has 0 aromatic heterocycles. The van der Waals surface area contributed by atoms with Crippen LogP contribution in [0.3, 0.4) is 0 Å². The minimum Gasteiger partial charge on any atom is -0.330 e. The van der Waals surface area contributed by atoms with E-state index in [0.717, 1.165) is 30.0 Å². The van der Waals surface area contributed by atoms with Gasteiger partial charge in [-0.3, -0.25) is 4.21 Å². The quantitative estimate of drug-likeness (QED) is 0.868. The van der Waals surface area contributed by atoms with Crippen molar-refractivity contribution in [3.05, 3.63) is 29.8 Å². The molecule has 1 aliphatic carbocycles. The first kappa shape index (κ1) is 14.7. The largest absolute Gasteiger partial charge is 0.330 e. The van der Waals surface area contributed by atoms with Crippen molar-refractivity contribution in [2.24, 2.45) is 11.7 Å². The molecular weight excluding hydrogens is 254 g/mol. The van der Waals surface area contributed by atoms with Crippen LogP contribution in [0.15, 0.2) is 29.2 Å². The van der Waals surface area contributed by atoms with Gasteiger partial charge in [0.15, 0.2) is 0 Å². The number of hydrogen-bond donors (Lipinski definition) is 1. The number of aryl methyl sites for hydroxylation is 1. The van der Waals surface area contributed by atoms with Gasteiger partial charge in [-0.25, -0.2) is 0 Å². The Morgan fingerprint density at radius 1 is 1.21 bits per heavy atom. The molecule has 2 N–H and O–H groups in total. The Balaban J connectivity index is 1.93. The third kappa shape index (κ3) is 4.73. The second kappa shape index (κ2) is 7.81. The first-order valence-electron chi connectivity index (χ1n) is 7.47. The zero-order valence-corrected chi connectivity index (χ0v) is 12.5. The SMILES string of the molecule is NCCCc1cccc(S(=O)CC2CCCCC2)c1. The average molecular weight is 279 g/mol. The van der Waals surface area contributed by atoms with E-state index in [9.17, 15) is 4.21 Å². The van der Waals surface area contributed by atoms with E-state index in [2.05, 4.69) is 12.1 Å². The Morgan fingerprint density at radius 2 is 2.00 bits per heavy atom. The van der Waals surface area contributed by atoms with Crippen LogP contribution >= 0.6 is 0 Å². The monoisotopic (exact) mass is 279 g/mol. The van der Waals surface area contributed by atoms with Gasteiger partial charge in [-0.2, -0.15) is 0 Å². The minimum absolute atomic E-state index is 0.669. The first-order chi connectivity index (χ1) is 9.29. The zero-order chi connectivity index (χ0) is 13.5. The van der Waals surface area contributed by atoms with Crippen LogP contribution in [0.25, 0.3) is 0 Å². The molecule has 0 amide bonds. The van der Waals surface area contributed by atoms with Crippen molar-refractivity contribution in [1.29, 1.82) is 0 Å². The predicted molar refractivity (Wildman–Crippen MR) is 81.7 cm³/mol. The van der Waals surface area contributed by atoms with E-state index in [-0.39, 0.29) is 0 Å². The molecule has 1 fully saturated rings. The molecule has 0 radical (unpaired) electrons. The van der Waals surface area contributed by atoms with Crippen molar-refractivity contribution in [2.45, 2.75) is 49.8 Å². The smallest absolute Gasteiger partial charge is 0.0532 e. The van der Waals surface area contributed by atoms with Gasteiger partial charge in [-0.15, -0.1) is 0 Å². The van der Waals surface area contributed by atoms with Crippen molar-refractivity contribution in [1.82, 2.24) is 0 Å². The molecule has 0 aliphatic heterocycles.